The van der Waals surface area contributed by atoms with Crippen LogP contribution in [0.25, 0.3) is 5.82 Å². The van der Waals surface area contributed by atoms with Gasteiger partial charge in [0.15, 0.2) is 5.82 Å². The van der Waals surface area contributed by atoms with Crippen LogP contribution in [0, 0.1) is 0 Å². The lowest BCUT2D eigenvalue weighted by molar-refractivity contribution is 0.548. The Morgan fingerprint density at radius 2 is 2.35 bits per heavy atom. The van der Waals surface area contributed by atoms with E-state index in [1.54, 1.807) is 6.20 Å². The third kappa shape index (κ3) is 1.74. The summed E-state index contributed by atoms with van der Waals surface area (Å²) in [7, 11) is 0. The maximum Gasteiger partial charge on any atom is 0.153 e. The van der Waals surface area contributed by atoms with Gasteiger partial charge in [0.25, 0.3) is 0 Å². The molecular weight excluding hydrogens is 212 g/mol. The Morgan fingerprint density at radius 3 is 3.12 bits per heavy atom. The van der Waals surface area contributed by atoms with Gasteiger partial charge in [0.1, 0.15) is 0 Å². The largest absolute Gasteiger partial charge is 0.330 e. The van der Waals surface area contributed by atoms with Crippen molar-refractivity contribution in [1.82, 2.24) is 14.8 Å². The van der Waals surface area contributed by atoms with Crippen LogP contribution in [0.3, 0.4) is 0 Å². The van der Waals surface area contributed by atoms with Crippen molar-refractivity contribution in [1.29, 1.82) is 0 Å². The van der Waals surface area contributed by atoms with E-state index < -0.39 is 0 Å². The number of hydrogen-bond donors (Lipinski definition) is 1. The number of nitrogens with two attached hydrogens (primary N) is 1. The molecule has 3 rings (SSSR count). The van der Waals surface area contributed by atoms with Crippen molar-refractivity contribution in [3.05, 3.63) is 41.9 Å². The summed E-state index contributed by atoms with van der Waals surface area (Å²) < 4.78 is 1.96. The molecule has 0 spiro atoms. The second-order valence-corrected chi connectivity index (χ2v) is 4.47. The van der Waals surface area contributed by atoms with E-state index in [0.29, 0.717) is 12.5 Å². The molecule has 0 saturated heterocycles. The molecule has 0 fully saturated rings. The molecule has 0 amide bonds. The fraction of sp³-hybridized carbons (Fsp3) is 0.385. The van der Waals surface area contributed by atoms with Gasteiger partial charge in [0.2, 0.25) is 0 Å². The van der Waals surface area contributed by atoms with Crippen molar-refractivity contribution in [2.24, 2.45) is 5.73 Å². The zero-order valence-electron chi connectivity index (χ0n) is 9.71. The Balaban J connectivity index is 2.06. The van der Waals surface area contributed by atoms with Crippen LogP contribution in [0.4, 0.5) is 0 Å². The molecule has 1 atom stereocenters. The minimum absolute atomic E-state index is 0.469. The third-order valence-corrected chi connectivity index (χ3v) is 3.46. The van der Waals surface area contributed by atoms with E-state index in [9.17, 15) is 0 Å². The van der Waals surface area contributed by atoms with Crippen LogP contribution in [0.15, 0.2) is 30.6 Å². The summed E-state index contributed by atoms with van der Waals surface area (Å²) in [6, 6.07) is 5.89. The summed E-state index contributed by atoms with van der Waals surface area (Å²) >= 11 is 0. The lowest BCUT2D eigenvalue weighted by atomic mass is 9.87. The van der Waals surface area contributed by atoms with Gasteiger partial charge in [-0.1, -0.05) is 6.07 Å². The highest BCUT2D eigenvalue weighted by Gasteiger charge is 2.23. The van der Waals surface area contributed by atoms with Gasteiger partial charge in [-0.2, -0.15) is 5.10 Å². The van der Waals surface area contributed by atoms with Crippen LogP contribution in [0.2, 0.25) is 0 Å². The first-order chi connectivity index (χ1) is 8.40. The normalized spacial score (nSPS) is 19.0. The summed E-state index contributed by atoms with van der Waals surface area (Å²) in [5.74, 6) is 1.36. The minimum Gasteiger partial charge on any atom is -0.330 e. The molecule has 1 aliphatic rings. The van der Waals surface area contributed by atoms with Gasteiger partial charge in [-0.15, -0.1) is 0 Å². The van der Waals surface area contributed by atoms with Gasteiger partial charge in [0.05, 0.1) is 6.20 Å². The Bertz CT molecular complexity index is 503. The standard InChI is InChI=1S/C13H16N4/c14-8-10-4-3-5-12-11(10)9-16-17(12)13-6-1-2-7-15-13/h1-2,6-7,9-10H,3-5,8,14H2. The van der Waals surface area contributed by atoms with E-state index in [1.165, 1.54) is 24.1 Å². The fourth-order valence-corrected chi connectivity index (χ4v) is 2.57. The van der Waals surface area contributed by atoms with Gasteiger partial charge in [0, 0.05) is 11.9 Å². The SMILES string of the molecule is NCC1CCCc2c1cnn2-c1ccccn1. The van der Waals surface area contributed by atoms with E-state index in [2.05, 4.69) is 10.1 Å². The smallest absolute Gasteiger partial charge is 0.153 e. The molecule has 0 bridgehead atoms. The van der Waals surface area contributed by atoms with Crippen molar-refractivity contribution in [2.75, 3.05) is 6.54 Å². The zero-order chi connectivity index (χ0) is 11.7. The molecule has 0 aromatic carbocycles. The van der Waals surface area contributed by atoms with Gasteiger partial charge in [-0.25, -0.2) is 9.67 Å². The van der Waals surface area contributed by atoms with Gasteiger partial charge >= 0.3 is 0 Å². The molecule has 0 saturated carbocycles. The highest BCUT2D eigenvalue weighted by atomic mass is 15.3. The van der Waals surface area contributed by atoms with Crippen molar-refractivity contribution in [3.8, 4) is 5.82 Å². The van der Waals surface area contributed by atoms with Crippen LogP contribution in [-0.2, 0) is 6.42 Å². The Morgan fingerprint density at radius 1 is 1.41 bits per heavy atom. The Labute approximate surface area is 100 Å². The average Bonchev–Trinajstić information content (AvgIpc) is 2.83. The first-order valence-electron chi connectivity index (χ1n) is 6.08. The molecule has 2 aromatic heterocycles. The van der Waals surface area contributed by atoms with Crippen LogP contribution in [0.1, 0.15) is 30.0 Å². The summed E-state index contributed by atoms with van der Waals surface area (Å²) in [6.45, 7) is 0.709. The summed E-state index contributed by atoms with van der Waals surface area (Å²) in [4.78, 5) is 4.35. The molecule has 4 nitrogen and oxygen atoms in total. The first kappa shape index (κ1) is 10.5. The van der Waals surface area contributed by atoms with E-state index in [-0.39, 0.29) is 0 Å². The molecule has 2 aromatic rings. The molecule has 1 aliphatic carbocycles. The molecule has 88 valence electrons. The maximum atomic E-state index is 5.81. The topological polar surface area (TPSA) is 56.7 Å². The van der Waals surface area contributed by atoms with Crippen LogP contribution in [0.5, 0.6) is 0 Å². The van der Waals surface area contributed by atoms with Crippen LogP contribution < -0.4 is 5.73 Å². The maximum absolute atomic E-state index is 5.81. The molecule has 2 heterocycles. The summed E-state index contributed by atoms with van der Waals surface area (Å²) in [6.07, 6.45) is 7.20. The quantitative estimate of drug-likeness (QED) is 0.850. The highest BCUT2D eigenvalue weighted by molar-refractivity contribution is 5.32. The van der Waals surface area contributed by atoms with E-state index in [1.807, 2.05) is 29.1 Å². The van der Waals surface area contributed by atoms with Crippen molar-refractivity contribution < 1.29 is 0 Å². The van der Waals surface area contributed by atoms with Crippen molar-refractivity contribution >= 4 is 0 Å². The van der Waals surface area contributed by atoms with E-state index in [4.69, 9.17) is 5.73 Å². The lowest BCUT2D eigenvalue weighted by Crippen LogP contribution is -2.18. The van der Waals surface area contributed by atoms with E-state index >= 15 is 0 Å². The average molecular weight is 228 g/mol. The molecule has 17 heavy (non-hydrogen) atoms. The van der Waals surface area contributed by atoms with E-state index in [0.717, 1.165) is 12.2 Å². The highest BCUT2D eigenvalue weighted by Crippen LogP contribution is 2.31. The second kappa shape index (κ2) is 4.30. The Hall–Kier alpha value is -1.68. The van der Waals surface area contributed by atoms with Gasteiger partial charge < -0.3 is 5.73 Å². The molecule has 2 N–H and O–H groups in total. The Kier molecular flexibility index (Phi) is 2.65. The number of fused-ring (bicyclic) bond motifs is 1. The number of rotatable bonds is 2. The first-order valence-corrected chi connectivity index (χ1v) is 6.08. The molecular formula is C13H16N4. The molecule has 1 unspecified atom stereocenters. The number of aromatic nitrogens is 3. The van der Waals surface area contributed by atoms with Crippen molar-refractivity contribution in [2.45, 2.75) is 25.2 Å². The number of hydrogen-bond acceptors (Lipinski definition) is 3. The lowest BCUT2D eigenvalue weighted by Gasteiger charge is -2.21. The van der Waals surface area contributed by atoms with Crippen molar-refractivity contribution in [3.63, 3.8) is 0 Å². The summed E-state index contributed by atoms with van der Waals surface area (Å²) in [5.41, 5.74) is 8.41. The van der Waals surface area contributed by atoms with Gasteiger partial charge in [-0.3, -0.25) is 0 Å². The predicted octanol–water partition coefficient (Wildman–Crippen LogP) is 1.65. The third-order valence-electron chi connectivity index (χ3n) is 3.46. The summed E-state index contributed by atoms with van der Waals surface area (Å²) in [5, 5.41) is 4.46. The monoisotopic (exact) mass is 228 g/mol. The van der Waals surface area contributed by atoms with Gasteiger partial charge in [-0.05, 0) is 49.4 Å². The molecule has 4 heteroatoms. The van der Waals surface area contributed by atoms with Crippen LogP contribution in [-0.4, -0.2) is 21.3 Å². The fourth-order valence-electron chi connectivity index (χ4n) is 2.57. The second-order valence-electron chi connectivity index (χ2n) is 4.47. The number of pyridine rings is 1. The predicted molar refractivity (Wildman–Crippen MR) is 66.1 cm³/mol. The zero-order valence-corrected chi connectivity index (χ0v) is 9.71. The minimum atomic E-state index is 0.469. The molecule has 0 radical (unpaired) electrons. The number of nitrogens with zero attached hydrogens (tertiary/aromatic N) is 3. The molecule has 0 aliphatic heterocycles. The van der Waals surface area contributed by atoms with Crippen LogP contribution >= 0.6 is 0 Å².